The first-order valence-electron chi connectivity index (χ1n) is 5.77. The molecule has 0 aromatic heterocycles. The minimum Gasteiger partial charge on any atom is -0.389 e. The van der Waals surface area contributed by atoms with Crippen molar-refractivity contribution in [3.63, 3.8) is 0 Å². The minimum atomic E-state index is 0.895. The van der Waals surface area contributed by atoms with E-state index in [1.807, 2.05) is 33.9 Å². The quantitative estimate of drug-likeness (QED) is 0.556. The van der Waals surface area contributed by atoms with E-state index in [4.69, 9.17) is 0 Å². The molecule has 1 N–H and O–H groups in total. The summed E-state index contributed by atoms with van der Waals surface area (Å²) in [7, 11) is 3.64. The number of hydrogen-bond donors (Lipinski definition) is 1. The van der Waals surface area contributed by atoms with Gasteiger partial charge in [0, 0.05) is 25.5 Å². The molecule has 0 aliphatic rings. The molecule has 0 rings (SSSR count). The molecular formula is C14H26N2. The summed E-state index contributed by atoms with van der Waals surface area (Å²) in [4.78, 5) is 4.12. The normalized spacial score (nSPS) is 11.4. The molecule has 0 saturated heterocycles. The van der Waals surface area contributed by atoms with Gasteiger partial charge < -0.3 is 5.32 Å². The van der Waals surface area contributed by atoms with Crippen molar-refractivity contribution in [1.82, 2.24) is 5.32 Å². The van der Waals surface area contributed by atoms with E-state index in [1.54, 1.807) is 7.05 Å². The van der Waals surface area contributed by atoms with Crippen LogP contribution in [-0.2, 0) is 0 Å². The lowest BCUT2D eigenvalue weighted by Crippen LogP contribution is -2.05. The summed E-state index contributed by atoms with van der Waals surface area (Å²) in [5, 5.41) is 2.99. The fourth-order valence-electron chi connectivity index (χ4n) is 1.05. The predicted molar refractivity (Wildman–Crippen MR) is 76.1 cm³/mol. The molecule has 0 unspecified atom stereocenters. The zero-order chi connectivity index (χ0) is 13.1. The van der Waals surface area contributed by atoms with Crippen LogP contribution in [0.25, 0.3) is 0 Å². The van der Waals surface area contributed by atoms with E-state index in [0.29, 0.717) is 0 Å². The second kappa shape index (κ2) is 10.2. The highest BCUT2D eigenvalue weighted by Crippen LogP contribution is 2.15. The first-order valence-corrected chi connectivity index (χ1v) is 5.77. The van der Waals surface area contributed by atoms with Crippen LogP contribution in [0.4, 0.5) is 0 Å². The van der Waals surface area contributed by atoms with E-state index in [1.165, 1.54) is 5.57 Å². The van der Waals surface area contributed by atoms with Crippen LogP contribution in [0, 0.1) is 0 Å². The molecule has 0 heterocycles. The second-order valence-electron chi connectivity index (χ2n) is 3.09. The Hall–Kier alpha value is -1.31. The van der Waals surface area contributed by atoms with E-state index in [9.17, 15) is 0 Å². The number of nitrogens with one attached hydrogen (secondary N) is 1. The molecule has 0 aromatic rings. The lowest BCUT2D eigenvalue weighted by Gasteiger charge is -2.09. The molecule has 0 amide bonds. The number of rotatable bonds is 5. The highest BCUT2D eigenvalue weighted by Gasteiger charge is 2.03. The maximum absolute atomic E-state index is 4.12. The van der Waals surface area contributed by atoms with Crippen LogP contribution in [0.5, 0.6) is 0 Å². The molecule has 2 heteroatoms. The molecule has 0 bridgehead atoms. The van der Waals surface area contributed by atoms with Gasteiger partial charge in [0.1, 0.15) is 0 Å². The van der Waals surface area contributed by atoms with E-state index >= 15 is 0 Å². The smallest absolute Gasteiger partial charge is 0.0382 e. The van der Waals surface area contributed by atoms with Crippen LogP contribution in [-0.4, -0.2) is 19.8 Å². The molecule has 92 valence electrons. The van der Waals surface area contributed by atoms with Gasteiger partial charge in [-0.25, -0.2) is 0 Å². The number of likely N-dealkylation sites (N-methyl/N-ethyl adjacent to an activating group) is 1. The summed E-state index contributed by atoms with van der Waals surface area (Å²) >= 11 is 0. The third-order valence-electron chi connectivity index (χ3n) is 2.21. The average Bonchev–Trinajstić information content (AvgIpc) is 2.35. The van der Waals surface area contributed by atoms with Crippen molar-refractivity contribution >= 4 is 5.71 Å². The van der Waals surface area contributed by atoms with Crippen molar-refractivity contribution in [2.45, 2.75) is 34.1 Å². The lowest BCUT2D eigenvalue weighted by molar-refractivity contribution is 1.02. The van der Waals surface area contributed by atoms with Crippen molar-refractivity contribution in [2.75, 3.05) is 14.1 Å². The molecule has 0 saturated carbocycles. The Morgan fingerprint density at radius 2 is 1.81 bits per heavy atom. The lowest BCUT2D eigenvalue weighted by atomic mass is 10.0. The van der Waals surface area contributed by atoms with Gasteiger partial charge in [0.15, 0.2) is 0 Å². The average molecular weight is 222 g/mol. The second-order valence-corrected chi connectivity index (χ2v) is 3.09. The van der Waals surface area contributed by atoms with Crippen LogP contribution in [0.1, 0.15) is 34.1 Å². The van der Waals surface area contributed by atoms with Crippen LogP contribution in [0.3, 0.4) is 0 Å². The van der Waals surface area contributed by atoms with Crippen molar-refractivity contribution in [2.24, 2.45) is 4.99 Å². The van der Waals surface area contributed by atoms with Gasteiger partial charge in [-0.1, -0.05) is 33.9 Å². The van der Waals surface area contributed by atoms with Gasteiger partial charge in [-0.2, -0.15) is 0 Å². The van der Waals surface area contributed by atoms with Gasteiger partial charge in [-0.15, -0.1) is 0 Å². The molecule has 16 heavy (non-hydrogen) atoms. The maximum Gasteiger partial charge on any atom is 0.0382 e. The first kappa shape index (κ1) is 17.1. The Morgan fingerprint density at radius 3 is 2.12 bits per heavy atom. The van der Waals surface area contributed by atoms with Crippen LogP contribution >= 0.6 is 0 Å². The molecule has 0 spiro atoms. The largest absolute Gasteiger partial charge is 0.389 e. The van der Waals surface area contributed by atoms with E-state index in [-0.39, 0.29) is 0 Å². The predicted octanol–water partition coefficient (Wildman–Crippen LogP) is 3.73. The Kier molecular flexibility index (Phi) is 10.9. The van der Waals surface area contributed by atoms with Crippen LogP contribution in [0.2, 0.25) is 0 Å². The van der Waals surface area contributed by atoms with Gasteiger partial charge in [0.05, 0.1) is 0 Å². The summed E-state index contributed by atoms with van der Waals surface area (Å²) in [5.74, 6) is 0. The van der Waals surface area contributed by atoms with Gasteiger partial charge in [0.25, 0.3) is 0 Å². The molecular weight excluding hydrogens is 196 g/mol. The van der Waals surface area contributed by atoms with E-state index in [2.05, 4.69) is 30.4 Å². The Balaban J connectivity index is 0. The highest BCUT2D eigenvalue weighted by molar-refractivity contribution is 6.01. The monoisotopic (exact) mass is 222 g/mol. The SMILES string of the molecule is C=C(/C=C(/CC)C(=C)C(C)=NC)NC.CC. The zero-order valence-electron chi connectivity index (χ0n) is 11.6. The van der Waals surface area contributed by atoms with Gasteiger partial charge >= 0.3 is 0 Å². The van der Waals surface area contributed by atoms with Crippen LogP contribution < -0.4 is 5.32 Å². The first-order chi connectivity index (χ1) is 7.56. The minimum absolute atomic E-state index is 0.895. The maximum atomic E-state index is 4.12. The molecule has 0 radical (unpaired) electrons. The number of aliphatic imine (C=N–C) groups is 1. The molecule has 0 aliphatic carbocycles. The molecule has 0 atom stereocenters. The summed E-state index contributed by atoms with van der Waals surface area (Å²) in [6.07, 6.45) is 2.95. The van der Waals surface area contributed by atoms with Gasteiger partial charge in [-0.05, 0) is 30.6 Å². The summed E-state index contributed by atoms with van der Waals surface area (Å²) in [6.45, 7) is 15.9. The summed E-state index contributed by atoms with van der Waals surface area (Å²) in [6, 6.07) is 0. The number of hydrogen-bond acceptors (Lipinski definition) is 2. The standard InChI is InChI=1S/C12H20N2.C2H6/c1-7-12(8-9(2)13-5)10(3)11(4)14-6;1-2/h8,13H,2-3,7H2,1,4-6H3;1-2H3/b12-8-,14-11?;. The molecule has 0 fully saturated rings. The topological polar surface area (TPSA) is 24.4 Å². The van der Waals surface area contributed by atoms with E-state index in [0.717, 1.165) is 23.4 Å². The van der Waals surface area contributed by atoms with Gasteiger partial charge in [0.2, 0.25) is 0 Å². The summed E-state index contributed by atoms with van der Waals surface area (Å²) < 4.78 is 0. The van der Waals surface area contributed by atoms with Crippen molar-refractivity contribution in [3.8, 4) is 0 Å². The zero-order valence-corrected chi connectivity index (χ0v) is 11.6. The third-order valence-corrected chi connectivity index (χ3v) is 2.21. The van der Waals surface area contributed by atoms with Gasteiger partial charge in [-0.3, -0.25) is 4.99 Å². The van der Waals surface area contributed by atoms with Crippen molar-refractivity contribution in [1.29, 1.82) is 0 Å². The fraction of sp³-hybridized carbons (Fsp3) is 0.500. The van der Waals surface area contributed by atoms with E-state index < -0.39 is 0 Å². The van der Waals surface area contributed by atoms with Crippen LogP contribution in [0.15, 0.2) is 41.1 Å². The van der Waals surface area contributed by atoms with Crippen molar-refractivity contribution < 1.29 is 0 Å². The molecule has 0 aromatic carbocycles. The fourth-order valence-corrected chi connectivity index (χ4v) is 1.05. The Morgan fingerprint density at radius 1 is 1.31 bits per heavy atom. The summed E-state index contributed by atoms with van der Waals surface area (Å²) in [5.41, 5.74) is 4.03. The Bertz CT molecular complexity index is 283. The third kappa shape index (κ3) is 6.23. The molecule has 2 nitrogen and oxygen atoms in total. The highest BCUT2D eigenvalue weighted by atomic mass is 14.8. The Labute approximate surface area is 101 Å². The van der Waals surface area contributed by atoms with Crippen molar-refractivity contribution in [3.05, 3.63) is 36.1 Å². The number of nitrogens with zero attached hydrogens (tertiary/aromatic N) is 1. The molecule has 0 aliphatic heterocycles. The number of allylic oxidation sites excluding steroid dienone is 3.